The van der Waals surface area contributed by atoms with E-state index in [2.05, 4.69) is 66.7 Å². The number of amides is 1. The zero-order valence-electron chi connectivity index (χ0n) is 38.9. The third kappa shape index (κ3) is 8.73. The van der Waals surface area contributed by atoms with Gasteiger partial charge in [0, 0.05) is 23.1 Å². The normalized spacial score (nSPS) is 33.2. The molecule has 0 heterocycles. The van der Waals surface area contributed by atoms with Crippen molar-refractivity contribution in [2.75, 3.05) is 13.1 Å². The van der Waals surface area contributed by atoms with Crippen molar-refractivity contribution in [1.82, 2.24) is 4.90 Å². The van der Waals surface area contributed by atoms with Crippen LogP contribution < -0.4 is 0 Å². The van der Waals surface area contributed by atoms with Gasteiger partial charge in [0.2, 0.25) is 0 Å². The minimum Gasteiger partial charge on any atom is -0.446 e. The average Bonchev–Trinajstić information content (AvgIpc) is 3.50. The fourth-order valence-electron chi connectivity index (χ4n) is 13.3. The highest BCUT2D eigenvalue weighted by molar-refractivity contribution is 6.13. The van der Waals surface area contributed by atoms with Crippen molar-refractivity contribution in [2.45, 2.75) is 156 Å². The standard InChI is InChI=1S/C56H75NO5/c1-36(2)44-25-20-38(4)30-51(44)62-53(60)57(34-41-22-23-42-33-50(41)54(42,5)6)35-56(61)29-27-49-46-26-21-39(31-43(58)24-19-37(3)14-13-28-55(49,56)7)32-48(46)52(59)47-18-12-11-17-45(47)40-15-9-8-10-16-40/h8-12,14-18,21,26,32,36,38,41-44,49-51,58,61H,13,19-20,22-25,27-31,33-35H2,1-7H3/t38-,41-,42-,43-,44+,49-,50-,51-,55-,56+/m0/s1. The number of nitrogens with zero attached hydrogens (tertiary/aromatic N) is 1. The summed E-state index contributed by atoms with van der Waals surface area (Å²) in [5, 5.41) is 24.8. The lowest BCUT2D eigenvalue weighted by atomic mass is 9.45. The predicted octanol–water partition coefficient (Wildman–Crippen LogP) is 12.6. The third-order valence-corrected chi connectivity index (χ3v) is 17.6. The number of aliphatic hydroxyl groups is 2. The smallest absolute Gasteiger partial charge is 0.410 e. The number of carbonyl (C=O) groups is 2. The van der Waals surface area contributed by atoms with Crippen LogP contribution in [-0.2, 0) is 11.2 Å². The van der Waals surface area contributed by atoms with Gasteiger partial charge in [0.05, 0.1) is 18.2 Å². The molecule has 62 heavy (non-hydrogen) atoms. The molecule has 4 bridgehead atoms. The second-order valence-corrected chi connectivity index (χ2v) is 22.0. The fraction of sp³-hybridized carbons (Fsp3) is 0.607. The van der Waals surface area contributed by atoms with Crippen LogP contribution in [0.15, 0.2) is 84.4 Å². The van der Waals surface area contributed by atoms with E-state index in [4.69, 9.17) is 4.74 Å². The number of ketones is 1. The Balaban J connectivity index is 1.18. The van der Waals surface area contributed by atoms with Gasteiger partial charge in [-0.2, -0.15) is 0 Å². The Bertz CT molecular complexity index is 2100. The molecule has 3 aromatic carbocycles. The Kier molecular flexibility index (Phi) is 13.0. The number of aliphatic hydroxyl groups excluding tert-OH is 1. The lowest BCUT2D eigenvalue weighted by molar-refractivity contribution is -0.122. The second-order valence-electron chi connectivity index (χ2n) is 22.0. The second kappa shape index (κ2) is 18.0. The molecule has 10 rings (SSSR count). The maximum absolute atomic E-state index is 15.2. The van der Waals surface area contributed by atoms with E-state index in [9.17, 15) is 15.0 Å². The molecule has 7 aliphatic carbocycles. The number of rotatable bonds is 9. The number of allylic oxidation sites excluding steroid dienone is 2. The summed E-state index contributed by atoms with van der Waals surface area (Å²) in [7, 11) is 0. The minimum absolute atomic E-state index is 0.0400. The molecule has 0 radical (unpaired) electrons. The highest BCUT2D eigenvalue weighted by Crippen LogP contribution is 2.62. The van der Waals surface area contributed by atoms with Gasteiger partial charge in [0.25, 0.3) is 0 Å². The summed E-state index contributed by atoms with van der Waals surface area (Å²) in [6.07, 6.45) is 12.6. The van der Waals surface area contributed by atoms with Gasteiger partial charge in [-0.3, -0.25) is 4.79 Å². The number of carbonyl (C=O) groups excluding carboxylic acids is 2. The molecule has 7 aliphatic rings. The zero-order valence-corrected chi connectivity index (χ0v) is 38.9. The van der Waals surface area contributed by atoms with E-state index in [1.54, 1.807) is 0 Å². The van der Waals surface area contributed by atoms with Crippen LogP contribution in [0, 0.1) is 46.3 Å². The highest BCUT2D eigenvalue weighted by atomic mass is 16.6. The van der Waals surface area contributed by atoms with Gasteiger partial charge < -0.3 is 19.8 Å². The van der Waals surface area contributed by atoms with Crippen LogP contribution in [-0.4, -0.2) is 57.9 Å². The average molecular weight is 842 g/mol. The van der Waals surface area contributed by atoms with Crippen molar-refractivity contribution in [3.63, 3.8) is 0 Å². The number of hydrogen-bond donors (Lipinski definition) is 2. The van der Waals surface area contributed by atoms with Crippen LogP contribution in [0.4, 0.5) is 4.79 Å². The summed E-state index contributed by atoms with van der Waals surface area (Å²) >= 11 is 0. The van der Waals surface area contributed by atoms with Crippen molar-refractivity contribution < 1.29 is 24.5 Å². The minimum atomic E-state index is -1.23. The Morgan fingerprint density at radius 3 is 2.37 bits per heavy atom. The van der Waals surface area contributed by atoms with Crippen LogP contribution in [0.1, 0.15) is 158 Å². The molecule has 2 N–H and O–H groups in total. The molecule has 0 aromatic heterocycles. The van der Waals surface area contributed by atoms with Crippen LogP contribution in [0.3, 0.4) is 0 Å². The summed E-state index contributed by atoms with van der Waals surface area (Å²) in [5.74, 6) is 2.76. The summed E-state index contributed by atoms with van der Waals surface area (Å²) in [6.45, 7) is 16.9. The monoisotopic (exact) mass is 842 g/mol. The van der Waals surface area contributed by atoms with Crippen molar-refractivity contribution in [2.24, 2.45) is 46.3 Å². The van der Waals surface area contributed by atoms with Gasteiger partial charge in [0.1, 0.15) is 6.10 Å². The maximum Gasteiger partial charge on any atom is 0.410 e. The molecule has 5 fully saturated rings. The van der Waals surface area contributed by atoms with Crippen molar-refractivity contribution in [3.8, 4) is 11.1 Å². The first-order chi connectivity index (χ1) is 29.6. The van der Waals surface area contributed by atoms with E-state index in [-0.39, 0.29) is 35.9 Å². The molecule has 0 spiro atoms. The van der Waals surface area contributed by atoms with E-state index in [1.807, 2.05) is 65.6 Å². The van der Waals surface area contributed by atoms with Gasteiger partial charge in [-0.1, -0.05) is 126 Å². The molecule has 10 atom stereocenters. The third-order valence-electron chi connectivity index (χ3n) is 17.6. The van der Waals surface area contributed by atoms with E-state index < -0.39 is 17.1 Å². The molecule has 5 saturated carbocycles. The Labute approximate surface area is 372 Å². The molecule has 334 valence electrons. The van der Waals surface area contributed by atoms with E-state index in [0.29, 0.717) is 79.4 Å². The molecule has 0 aliphatic heterocycles. The van der Waals surface area contributed by atoms with Crippen molar-refractivity contribution >= 4 is 11.9 Å². The van der Waals surface area contributed by atoms with Crippen molar-refractivity contribution in [3.05, 3.63) is 107 Å². The predicted molar refractivity (Wildman–Crippen MR) is 250 cm³/mol. The van der Waals surface area contributed by atoms with Gasteiger partial charge in [0.15, 0.2) is 5.78 Å². The number of hydrogen-bond acceptors (Lipinski definition) is 5. The first kappa shape index (κ1) is 44.9. The first-order valence-electron chi connectivity index (χ1n) is 24.4. The molecule has 1 amide bonds. The van der Waals surface area contributed by atoms with Crippen LogP contribution >= 0.6 is 0 Å². The zero-order chi connectivity index (χ0) is 44.0. The SMILES string of the molecule is CC1=CCC[C@@]2(C)[C@@H](CC[C@@]2(O)CN(C[C@@H]2CC[C@H]3C[C@@H]2C3(C)C)C(=O)O[C@H]2C[C@@H](C)CC[C@@H]2C(C)C)c2ccc(cc2C(=O)c2ccccc2-c2ccccc2)C[C@@H](O)CC1. The number of benzene rings is 3. The van der Waals surface area contributed by atoms with Gasteiger partial charge >= 0.3 is 6.09 Å². The summed E-state index contributed by atoms with van der Waals surface area (Å²) in [5.41, 5.74) is 4.67. The molecule has 0 saturated heterocycles. The molecule has 6 nitrogen and oxygen atoms in total. The summed E-state index contributed by atoms with van der Waals surface area (Å²) < 4.78 is 6.69. The quantitative estimate of drug-likeness (QED) is 0.166. The van der Waals surface area contributed by atoms with E-state index in [0.717, 1.165) is 66.7 Å². The summed E-state index contributed by atoms with van der Waals surface area (Å²) in [4.78, 5) is 32.1. The lowest BCUT2D eigenvalue weighted by Gasteiger charge is -2.60. The van der Waals surface area contributed by atoms with E-state index >= 15 is 4.79 Å². The van der Waals surface area contributed by atoms with Gasteiger partial charge in [-0.25, -0.2) is 4.79 Å². The molecular formula is C56H75NO5. The Hall–Kier alpha value is -3.74. The molecular weight excluding hydrogens is 767 g/mol. The number of fused-ring (bicyclic) bond motifs is 10. The first-order valence-corrected chi connectivity index (χ1v) is 24.4. The molecule has 6 heteroatoms. The van der Waals surface area contributed by atoms with Crippen LogP contribution in [0.2, 0.25) is 0 Å². The highest BCUT2D eigenvalue weighted by Gasteiger charge is 2.59. The largest absolute Gasteiger partial charge is 0.446 e. The number of ether oxygens (including phenoxy) is 1. The van der Waals surface area contributed by atoms with Gasteiger partial charge in [-0.15, -0.1) is 0 Å². The fourth-order valence-corrected chi connectivity index (χ4v) is 13.3. The van der Waals surface area contributed by atoms with E-state index in [1.165, 1.54) is 18.4 Å². The van der Waals surface area contributed by atoms with Crippen LogP contribution in [0.25, 0.3) is 11.1 Å². The Morgan fingerprint density at radius 1 is 0.871 bits per heavy atom. The van der Waals surface area contributed by atoms with Crippen molar-refractivity contribution in [1.29, 1.82) is 0 Å². The topological polar surface area (TPSA) is 87.1 Å². The summed E-state index contributed by atoms with van der Waals surface area (Å²) in [6, 6.07) is 24.2. The Morgan fingerprint density at radius 2 is 1.63 bits per heavy atom. The molecule has 3 aromatic rings. The lowest BCUT2D eigenvalue weighted by Crippen LogP contribution is -2.58. The van der Waals surface area contributed by atoms with Crippen LogP contribution in [0.5, 0.6) is 0 Å². The molecule has 0 unspecified atom stereocenters. The van der Waals surface area contributed by atoms with Gasteiger partial charge in [-0.05, 0) is 159 Å². The maximum atomic E-state index is 15.2.